The molecule has 5 heteroatoms. The third kappa shape index (κ3) is 4.03. The number of thiazole rings is 1. The molecule has 0 saturated carbocycles. The number of aromatic nitrogens is 2. The van der Waals surface area contributed by atoms with Crippen LogP contribution in [0.3, 0.4) is 0 Å². The molecule has 4 nitrogen and oxygen atoms in total. The molecule has 2 heterocycles. The predicted molar refractivity (Wildman–Crippen MR) is 99.4 cm³/mol. The first-order valence-corrected chi connectivity index (χ1v) is 9.43. The number of rotatable bonds is 8. The highest BCUT2D eigenvalue weighted by Crippen LogP contribution is 2.23. The molecule has 0 aliphatic heterocycles. The number of amides is 1. The molecular weight excluding hydrogens is 318 g/mol. The van der Waals surface area contributed by atoms with Crippen LogP contribution in [0.4, 0.5) is 0 Å². The van der Waals surface area contributed by atoms with E-state index in [1.807, 2.05) is 34.2 Å². The highest BCUT2D eigenvalue weighted by molar-refractivity contribution is 7.15. The summed E-state index contributed by atoms with van der Waals surface area (Å²) < 4.78 is 2.03. The van der Waals surface area contributed by atoms with Crippen LogP contribution in [0.2, 0.25) is 0 Å². The van der Waals surface area contributed by atoms with E-state index in [-0.39, 0.29) is 5.91 Å². The van der Waals surface area contributed by atoms with E-state index in [4.69, 9.17) is 0 Å². The molecule has 0 unspecified atom stereocenters. The Bertz CT molecular complexity index is 791. The highest BCUT2D eigenvalue weighted by atomic mass is 32.1. The van der Waals surface area contributed by atoms with Crippen molar-refractivity contribution in [1.29, 1.82) is 0 Å². The van der Waals surface area contributed by atoms with E-state index in [9.17, 15) is 4.79 Å². The minimum atomic E-state index is 0.0844. The van der Waals surface area contributed by atoms with Gasteiger partial charge in [-0.05, 0) is 6.42 Å². The zero-order chi connectivity index (χ0) is 16.8. The summed E-state index contributed by atoms with van der Waals surface area (Å²) in [6.45, 7) is 2.96. The summed E-state index contributed by atoms with van der Waals surface area (Å²) in [6, 6.07) is 10.1. The zero-order valence-corrected chi connectivity index (χ0v) is 14.8. The molecule has 1 aromatic carbocycles. The average molecular weight is 341 g/mol. The Morgan fingerprint density at radius 2 is 2.04 bits per heavy atom. The van der Waals surface area contributed by atoms with E-state index < -0.39 is 0 Å². The van der Waals surface area contributed by atoms with Gasteiger partial charge in [0.05, 0.1) is 12.1 Å². The average Bonchev–Trinajstić information content (AvgIpc) is 3.18. The van der Waals surface area contributed by atoms with Crippen LogP contribution < -0.4 is 5.32 Å². The minimum absolute atomic E-state index is 0.0844. The second-order valence-electron chi connectivity index (χ2n) is 5.96. The number of nitrogens with one attached hydrogen (secondary N) is 1. The van der Waals surface area contributed by atoms with E-state index in [1.54, 1.807) is 11.3 Å². The van der Waals surface area contributed by atoms with Gasteiger partial charge in [0.1, 0.15) is 0 Å². The fourth-order valence-electron chi connectivity index (χ4n) is 2.71. The molecule has 0 fully saturated rings. The summed E-state index contributed by atoms with van der Waals surface area (Å²) in [4.78, 5) is 17.7. The summed E-state index contributed by atoms with van der Waals surface area (Å²) in [5, 5.41) is 5.04. The first-order chi connectivity index (χ1) is 11.8. The van der Waals surface area contributed by atoms with Gasteiger partial charge in [0.2, 0.25) is 5.91 Å². The first kappa shape index (κ1) is 16.7. The third-order valence-electron chi connectivity index (χ3n) is 4.05. The van der Waals surface area contributed by atoms with Crippen molar-refractivity contribution in [3.63, 3.8) is 0 Å². The van der Waals surface area contributed by atoms with E-state index in [2.05, 4.69) is 29.4 Å². The highest BCUT2D eigenvalue weighted by Gasteiger charge is 2.12. The van der Waals surface area contributed by atoms with Gasteiger partial charge in [-0.25, -0.2) is 4.98 Å². The number of hydrogen-bond acceptors (Lipinski definition) is 3. The van der Waals surface area contributed by atoms with Crippen molar-refractivity contribution in [3.8, 4) is 11.3 Å². The van der Waals surface area contributed by atoms with E-state index in [0.29, 0.717) is 6.42 Å². The van der Waals surface area contributed by atoms with E-state index >= 15 is 0 Å². The van der Waals surface area contributed by atoms with Crippen molar-refractivity contribution in [2.45, 2.75) is 39.0 Å². The number of unbranched alkanes of at least 4 members (excludes halogenated alkanes) is 3. The lowest BCUT2D eigenvalue weighted by atomic mass is 10.2. The Morgan fingerprint density at radius 1 is 1.21 bits per heavy atom. The molecule has 0 aliphatic carbocycles. The molecule has 0 atom stereocenters. The summed E-state index contributed by atoms with van der Waals surface area (Å²) in [6.07, 6.45) is 7.11. The molecule has 2 aromatic heterocycles. The Labute approximate surface area is 146 Å². The molecule has 1 amide bonds. The van der Waals surface area contributed by atoms with Gasteiger partial charge in [-0.2, -0.15) is 0 Å². The molecule has 3 rings (SSSR count). The SMILES string of the molecule is CCCCCCNC(=O)Cc1csc2nc(-c3ccccc3)cn12. The van der Waals surface area contributed by atoms with Crippen LogP contribution >= 0.6 is 11.3 Å². The van der Waals surface area contributed by atoms with Crippen molar-refractivity contribution in [3.05, 3.63) is 47.6 Å². The van der Waals surface area contributed by atoms with Crippen LogP contribution in [0.1, 0.15) is 38.3 Å². The Morgan fingerprint density at radius 3 is 2.83 bits per heavy atom. The molecule has 0 bridgehead atoms. The van der Waals surface area contributed by atoms with Crippen LogP contribution in [0.15, 0.2) is 41.9 Å². The molecule has 0 aliphatic rings. The number of carbonyl (C=O) groups is 1. The molecule has 1 N–H and O–H groups in total. The predicted octanol–water partition coefficient (Wildman–Crippen LogP) is 4.30. The van der Waals surface area contributed by atoms with Gasteiger partial charge in [-0.15, -0.1) is 11.3 Å². The van der Waals surface area contributed by atoms with Crippen LogP contribution in [-0.4, -0.2) is 21.8 Å². The van der Waals surface area contributed by atoms with Crippen LogP contribution in [0, 0.1) is 0 Å². The molecule has 0 radical (unpaired) electrons. The lowest BCUT2D eigenvalue weighted by molar-refractivity contribution is -0.120. The van der Waals surface area contributed by atoms with Crippen LogP contribution in [-0.2, 0) is 11.2 Å². The van der Waals surface area contributed by atoms with Crippen molar-refractivity contribution in [2.75, 3.05) is 6.54 Å². The molecule has 0 spiro atoms. The number of carbonyl (C=O) groups excluding carboxylic acids is 1. The second kappa shape index (κ2) is 8.11. The maximum atomic E-state index is 12.1. The standard InChI is InChI=1S/C19H23N3OS/c1-2-3-4-8-11-20-18(23)12-16-14-24-19-21-17(13-22(16)19)15-9-6-5-7-10-15/h5-7,9-10,13-14H,2-4,8,11-12H2,1H3,(H,20,23). The van der Waals surface area contributed by atoms with Gasteiger partial charge in [-0.3, -0.25) is 9.20 Å². The minimum Gasteiger partial charge on any atom is -0.356 e. The molecule has 24 heavy (non-hydrogen) atoms. The Kier molecular flexibility index (Phi) is 5.64. The normalized spacial score (nSPS) is 11.0. The van der Waals surface area contributed by atoms with Gasteiger partial charge < -0.3 is 5.32 Å². The molecular formula is C19H23N3OS. The number of hydrogen-bond donors (Lipinski definition) is 1. The van der Waals surface area contributed by atoms with Crippen molar-refractivity contribution in [1.82, 2.24) is 14.7 Å². The quantitative estimate of drug-likeness (QED) is 0.621. The van der Waals surface area contributed by atoms with Crippen molar-refractivity contribution >= 4 is 22.2 Å². The van der Waals surface area contributed by atoms with Gasteiger partial charge in [0.25, 0.3) is 0 Å². The number of imidazole rings is 1. The fraction of sp³-hybridized carbons (Fsp3) is 0.368. The Balaban J connectivity index is 1.63. The maximum Gasteiger partial charge on any atom is 0.225 e. The van der Waals surface area contributed by atoms with Crippen molar-refractivity contribution in [2.24, 2.45) is 0 Å². The summed E-state index contributed by atoms with van der Waals surface area (Å²) in [5.74, 6) is 0.0844. The van der Waals surface area contributed by atoms with E-state index in [1.165, 1.54) is 19.3 Å². The number of nitrogens with zero attached hydrogens (tertiary/aromatic N) is 2. The van der Waals surface area contributed by atoms with Gasteiger partial charge in [0.15, 0.2) is 4.96 Å². The lowest BCUT2D eigenvalue weighted by Gasteiger charge is -2.04. The second-order valence-corrected chi connectivity index (χ2v) is 6.80. The monoisotopic (exact) mass is 341 g/mol. The van der Waals surface area contributed by atoms with Crippen LogP contribution in [0.5, 0.6) is 0 Å². The summed E-state index contributed by atoms with van der Waals surface area (Å²) in [7, 11) is 0. The molecule has 126 valence electrons. The maximum absolute atomic E-state index is 12.1. The smallest absolute Gasteiger partial charge is 0.225 e. The lowest BCUT2D eigenvalue weighted by Crippen LogP contribution is -2.26. The number of benzene rings is 1. The van der Waals surface area contributed by atoms with Crippen LogP contribution in [0.25, 0.3) is 16.2 Å². The first-order valence-electron chi connectivity index (χ1n) is 8.55. The molecule has 3 aromatic rings. The topological polar surface area (TPSA) is 46.4 Å². The third-order valence-corrected chi connectivity index (χ3v) is 4.94. The molecule has 0 saturated heterocycles. The van der Waals surface area contributed by atoms with Gasteiger partial charge in [0, 0.05) is 29.4 Å². The van der Waals surface area contributed by atoms with Gasteiger partial charge >= 0.3 is 0 Å². The van der Waals surface area contributed by atoms with Gasteiger partial charge in [-0.1, -0.05) is 56.5 Å². The summed E-state index contributed by atoms with van der Waals surface area (Å²) in [5.41, 5.74) is 3.04. The van der Waals surface area contributed by atoms with Crippen molar-refractivity contribution < 1.29 is 4.79 Å². The summed E-state index contributed by atoms with van der Waals surface area (Å²) >= 11 is 1.58. The number of fused-ring (bicyclic) bond motifs is 1. The fourth-order valence-corrected chi connectivity index (χ4v) is 3.58. The van der Waals surface area contributed by atoms with E-state index in [0.717, 1.165) is 34.9 Å². The zero-order valence-electron chi connectivity index (χ0n) is 14.0. The largest absolute Gasteiger partial charge is 0.356 e. The Hall–Kier alpha value is -2.14.